The monoisotopic (exact) mass is 203 g/mol. The molecular weight excluding hydrogens is 188 g/mol. The van der Waals surface area contributed by atoms with Gasteiger partial charge in [-0.15, -0.1) is 0 Å². The molecule has 0 radical (unpaired) electrons. The number of hydrogen-bond donors (Lipinski definition) is 0. The van der Waals surface area contributed by atoms with Crippen LogP contribution in [0.5, 0.6) is 0 Å². The Balaban J connectivity index is 0.000000791. The second-order valence-corrected chi connectivity index (χ2v) is 2.59. The third kappa shape index (κ3) is 4.16. The second kappa shape index (κ2) is 6.29. The minimum Gasteiger partial charge on any atom is -0.310 e. The zero-order valence-electron chi connectivity index (χ0n) is 8.63. The van der Waals surface area contributed by atoms with Crippen LogP contribution in [-0.4, -0.2) is 11.0 Å². The van der Waals surface area contributed by atoms with Gasteiger partial charge in [0, 0.05) is 12.3 Å². The maximum absolute atomic E-state index is 11.8. The molecule has 1 aromatic rings. The van der Waals surface area contributed by atoms with Crippen LogP contribution in [0.1, 0.15) is 19.4 Å². The van der Waals surface area contributed by atoms with Gasteiger partial charge in [-0.2, -0.15) is 0 Å². The lowest BCUT2D eigenvalue weighted by atomic mass is 10.3. The molecule has 80 valence electrons. The van der Waals surface area contributed by atoms with E-state index in [1.807, 2.05) is 13.8 Å². The van der Waals surface area contributed by atoms with Crippen molar-refractivity contribution in [3.63, 3.8) is 0 Å². The third-order valence-corrected chi connectivity index (χ3v) is 1.49. The SMILES string of the molecule is CC.Cc1ccn(CC(F)F)c(=O)c1. The van der Waals surface area contributed by atoms with Gasteiger partial charge in [0.05, 0.1) is 6.54 Å². The summed E-state index contributed by atoms with van der Waals surface area (Å²) < 4.78 is 24.7. The van der Waals surface area contributed by atoms with Crippen molar-refractivity contribution in [3.05, 3.63) is 34.2 Å². The Bertz CT molecular complexity index is 320. The molecule has 1 aromatic heterocycles. The van der Waals surface area contributed by atoms with Gasteiger partial charge in [-0.1, -0.05) is 13.8 Å². The smallest absolute Gasteiger partial charge is 0.256 e. The van der Waals surface area contributed by atoms with Crippen molar-refractivity contribution in [2.45, 2.75) is 33.7 Å². The summed E-state index contributed by atoms with van der Waals surface area (Å²) in [4.78, 5) is 11.0. The molecule has 0 aromatic carbocycles. The van der Waals surface area contributed by atoms with Crippen LogP contribution in [0.2, 0.25) is 0 Å². The standard InChI is InChI=1S/C8H9F2NO.C2H6/c1-6-2-3-11(5-7(9)10)8(12)4-6;1-2/h2-4,7H,5H2,1H3;1-2H3. The fourth-order valence-corrected chi connectivity index (χ4v) is 0.906. The van der Waals surface area contributed by atoms with E-state index in [0.29, 0.717) is 0 Å². The summed E-state index contributed by atoms with van der Waals surface area (Å²) >= 11 is 0. The van der Waals surface area contributed by atoms with Crippen molar-refractivity contribution >= 4 is 0 Å². The van der Waals surface area contributed by atoms with Gasteiger partial charge in [-0.3, -0.25) is 4.79 Å². The van der Waals surface area contributed by atoms with Crippen LogP contribution in [0.15, 0.2) is 23.1 Å². The molecule has 0 amide bonds. The van der Waals surface area contributed by atoms with Crippen molar-refractivity contribution < 1.29 is 8.78 Å². The summed E-state index contributed by atoms with van der Waals surface area (Å²) in [5, 5.41) is 0. The highest BCUT2D eigenvalue weighted by Gasteiger charge is 2.04. The summed E-state index contributed by atoms with van der Waals surface area (Å²) in [5.74, 6) is 0. The average molecular weight is 203 g/mol. The highest BCUT2D eigenvalue weighted by atomic mass is 19.3. The average Bonchev–Trinajstić information content (AvgIpc) is 2.13. The Labute approximate surface area is 82.2 Å². The predicted molar refractivity (Wildman–Crippen MR) is 52.8 cm³/mol. The second-order valence-electron chi connectivity index (χ2n) is 2.59. The third-order valence-electron chi connectivity index (χ3n) is 1.49. The molecule has 0 saturated heterocycles. The number of alkyl halides is 2. The van der Waals surface area contributed by atoms with Crippen LogP contribution in [0.4, 0.5) is 8.78 Å². The Kier molecular flexibility index (Phi) is 5.76. The largest absolute Gasteiger partial charge is 0.310 e. The molecule has 4 heteroatoms. The normalized spacial score (nSPS) is 9.57. The van der Waals surface area contributed by atoms with Gasteiger partial charge >= 0.3 is 0 Å². The van der Waals surface area contributed by atoms with Crippen LogP contribution in [0.3, 0.4) is 0 Å². The molecule has 0 bridgehead atoms. The fraction of sp³-hybridized carbons (Fsp3) is 0.500. The number of hydrogen-bond acceptors (Lipinski definition) is 1. The number of aryl methyl sites for hydroxylation is 1. The van der Waals surface area contributed by atoms with Crippen molar-refractivity contribution in [1.29, 1.82) is 0 Å². The minimum atomic E-state index is -2.48. The molecule has 0 aliphatic carbocycles. The van der Waals surface area contributed by atoms with E-state index < -0.39 is 13.0 Å². The zero-order valence-corrected chi connectivity index (χ0v) is 8.63. The molecule has 0 atom stereocenters. The Morgan fingerprint density at radius 3 is 2.43 bits per heavy atom. The van der Waals surface area contributed by atoms with E-state index in [1.54, 1.807) is 13.0 Å². The topological polar surface area (TPSA) is 22.0 Å². The first-order valence-corrected chi connectivity index (χ1v) is 4.55. The Morgan fingerprint density at radius 2 is 2.00 bits per heavy atom. The van der Waals surface area contributed by atoms with Gasteiger partial charge in [0.2, 0.25) is 0 Å². The van der Waals surface area contributed by atoms with Crippen LogP contribution in [-0.2, 0) is 6.54 Å². The van der Waals surface area contributed by atoms with Crippen molar-refractivity contribution in [2.24, 2.45) is 0 Å². The molecule has 0 spiro atoms. The number of nitrogens with zero attached hydrogens (tertiary/aromatic N) is 1. The first-order chi connectivity index (χ1) is 6.59. The summed E-state index contributed by atoms with van der Waals surface area (Å²) in [5.41, 5.74) is 0.404. The van der Waals surface area contributed by atoms with Gasteiger partial charge in [0.15, 0.2) is 0 Å². The highest BCUT2D eigenvalue weighted by molar-refractivity contribution is 5.07. The lowest BCUT2D eigenvalue weighted by Crippen LogP contribution is -2.21. The quantitative estimate of drug-likeness (QED) is 0.723. The van der Waals surface area contributed by atoms with Crippen LogP contribution < -0.4 is 5.56 Å². The van der Waals surface area contributed by atoms with E-state index >= 15 is 0 Å². The molecule has 0 saturated carbocycles. The first kappa shape index (κ1) is 12.8. The lowest BCUT2D eigenvalue weighted by molar-refractivity contribution is 0.125. The maximum Gasteiger partial charge on any atom is 0.256 e. The molecule has 0 aliphatic rings. The maximum atomic E-state index is 11.8. The van der Waals surface area contributed by atoms with Crippen LogP contribution >= 0.6 is 0 Å². The van der Waals surface area contributed by atoms with Crippen molar-refractivity contribution in [1.82, 2.24) is 4.57 Å². The Morgan fingerprint density at radius 1 is 1.43 bits per heavy atom. The molecule has 0 fully saturated rings. The van der Waals surface area contributed by atoms with E-state index in [2.05, 4.69) is 0 Å². The van der Waals surface area contributed by atoms with E-state index in [9.17, 15) is 13.6 Å². The number of halogens is 2. The minimum absolute atomic E-state index is 0.379. The molecule has 14 heavy (non-hydrogen) atoms. The van der Waals surface area contributed by atoms with Gasteiger partial charge in [0.25, 0.3) is 12.0 Å². The van der Waals surface area contributed by atoms with Gasteiger partial charge in [-0.05, 0) is 18.6 Å². The van der Waals surface area contributed by atoms with E-state index in [-0.39, 0.29) is 5.56 Å². The Hall–Kier alpha value is -1.19. The van der Waals surface area contributed by atoms with Gasteiger partial charge < -0.3 is 4.57 Å². The molecular formula is C10H15F2NO. The molecule has 0 aliphatic heterocycles. The molecule has 2 nitrogen and oxygen atoms in total. The van der Waals surface area contributed by atoms with Gasteiger partial charge in [0.1, 0.15) is 0 Å². The lowest BCUT2D eigenvalue weighted by Gasteiger charge is -2.03. The number of rotatable bonds is 2. The van der Waals surface area contributed by atoms with Gasteiger partial charge in [-0.25, -0.2) is 8.78 Å². The number of aromatic nitrogens is 1. The van der Waals surface area contributed by atoms with Crippen molar-refractivity contribution in [3.8, 4) is 0 Å². The highest BCUT2D eigenvalue weighted by Crippen LogP contribution is 1.97. The van der Waals surface area contributed by atoms with Crippen molar-refractivity contribution in [2.75, 3.05) is 0 Å². The van der Waals surface area contributed by atoms with E-state index in [4.69, 9.17) is 0 Å². The predicted octanol–water partition coefficient (Wildman–Crippen LogP) is 2.45. The zero-order chi connectivity index (χ0) is 11.1. The van der Waals surface area contributed by atoms with E-state index in [0.717, 1.165) is 10.1 Å². The fourth-order valence-electron chi connectivity index (χ4n) is 0.906. The van der Waals surface area contributed by atoms with Crippen LogP contribution in [0, 0.1) is 6.92 Å². The molecule has 0 N–H and O–H groups in total. The molecule has 0 unspecified atom stereocenters. The molecule has 1 rings (SSSR count). The summed E-state index contributed by atoms with van der Waals surface area (Å²) in [6.07, 6.45) is -1.10. The van der Waals surface area contributed by atoms with Crippen LogP contribution in [0.25, 0.3) is 0 Å². The summed E-state index contributed by atoms with van der Waals surface area (Å²) in [6.45, 7) is 5.22. The number of pyridine rings is 1. The first-order valence-electron chi connectivity index (χ1n) is 4.55. The summed E-state index contributed by atoms with van der Waals surface area (Å²) in [7, 11) is 0. The summed E-state index contributed by atoms with van der Waals surface area (Å²) in [6, 6.07) is 2.96. The van der Waals surface area contributed by atoms with E-state index in [1.165, 1.54) is 12.3 Å². The molecule has 1 heterocycles.